The highest BCUT2D eigenvalue weighted by atomic mass is 32.2. The topological polar surface area (TPSA) is 98.5 Å². The minimum absolute atomic E-state index is 0.0247. The van der Waals surface area contributed by atoms with Gasteiger partial charge in [-0.2, -0.15) is 0 Å². The Bertz CT molecular complexity index is 951. The van der Waals surface area contributed by atoms with Crippen LogP contribution in [0.1, 0.15) is 34.0 Å². The second-order valence-corrected chi connectivity index (χ2v) is 8.22. The van der Waals surface area contributed by atoms with Crippen LogP contribution in [0.15, 0.2) is 35.2 Å². The first-order valence-electron chi connectivity index (χ1n) is 8.33. The Morgan fingerprint density at radius 2 is 1.78 bits per heavy atom. The van der Waals surface area contributed by atoms with Crippen LogP contribution in [0.4, 0.5) is 4.39 Å². The number of carbonyl (C=O) groups excluding carboxylic acids is 1. The van der Waals surface area contributed by atoms with E-state index in [1.165, 1.54) is 6.07 Å². The SMILES string of the molecule is Cc1cc(C)c(S(=O)(=O)N[C@@H](C)COc2cc(F)ccc2C(N)=O)c(C)c1. The average molecular weight is 394 g/mol. The van der Waals surface area contributed by atoms with Gasteiger partial charge in [0.25, 0.3) is 5.91 Å². The average Bonchev–Trinajstić information content (AvgIpc) is 2.50. The Morgan fingerprint density at radius 3 is 2.33 bits per heavy atom. The lowest BCUT2D eigenvalue weighted by molar-refractivity contribution is 0.0995. The number of nitrogens with two attached hydrogens (primary N) is 1. The van der Waals surface area contributed by atoms with Crippen molar-refractivity contribution in [2.75, 3.05) is 6.61 Å². The summed E-state index contributed by atoms with van der Waals surface area (Å²) in [6.07, 6.45) is 0. The Hall–Kier alpha value is -2.45. The van der Waals surface area contributed by atoms with Crippen molar-refractivity contribution in [3.05, 3.63) is 58.4 Å². The lowest BCUT2D eigenvalue weighted by Crippen LogP contribution is -2.37. The van der Waals surface area contributed by atoms with E-state index in [1.807, 2.05) is 6.92 Å². The maximum Gasteiger partial charge on any atom is 0.252 e. The number of hydrogen-bond donors (Lipinski definition) is 2. The van der Waals surface area contributed by atoms with Gasteiger partial charge in [-0.1, -0.05) is 17.7 Å². The molecule has 0 aliphatic carbocycles. The van der Waals surface area contributed by atoms with E-state index in [4.69, 9.17) is 10.5 Å². The second-order valence-electron chi connectivity index (χ2n) is 6.57. The third kappa shape index (κ3) is 5.05. The van der Waals surface area contributed by atoms with E-state index in [-0.39, 0.29) is 22.8 Å². The van der Waals surface area contributed by atoms with Crippen LogP contribution < -0.4 is 15.2 Å². The van der Waals surface area contributed by atoms with E-state index in [0.29, 0.717) is 11.1 Å². The predicted molar refractivity (Wildman–Crippen MR) is 101 cm³/mol. The smallest absolute Gasteiger partial charge is 0.252 e. The summed E-state index contributed by atoms with van der Waals surface area (Å²) in [4.78, 5) is 11.6. The summed E-state index contributed by atoms with van der Waals surface area (Å²) in [7, 11) is -3.77. The number of ether oxygens (including phenoxy) is 1. The number of primary amides is 1. The molecule has 0 aromatic heterocycles. The van der Waals surface area contributed by atoms with Gasteiger partial charge in [-0.25, -0.2) is 17.5 Å². The lowest BCUT2D eigenvalue weighted by Gasteiger charge is -2.18. The van der Waals surface area contributed by atoms with Gasteiger partial charge in [0.15, 0.2) is 0 Å². The van der Waals surface area contributed by atoms with Crippen LogP contribution in [-0.4, -0.2) is 27.0 Å². The summed E-state index contributed by atoms with van der Waals surface area (Å²) in [5, 5.41) is 0. The van der Waals surface area contributed by atoms with Crippen LogP contribution in [0.2, 0.25) is 0 Å². The largest absolute Gasteiger partial charge is 0.491 e. The number of rotatable bonds is 7. The molecule has 1 amide bonds. The van der Waals surface area contributed by atoms with Crippen molar-refractivity contribution >= 4 is 15.9 Å². The fourth-order valence-electron chi connectivity index (χ4n) is 2.98. The van der Waals surface area contributed by atoms with Gasteiger partial charge in [0.1, 0.15) is 18.2 Å². The third-order valence-corrected chi connectivity index (χ3v) is 5.82. The van der Waals surface area contributed by atoms with Gasteiger partial charge in [-0.3, -0.25) is 4.79 Å². The number of hydrogen-bond acceptors (Lipinski definition) is 4. The molecule has 0 fully saturated rings. The quantitative estimate of drug-likeness (QED) is 0.754. The van der Waals surface area contributed by atoms with Crippen LogP contribution in [-0.2, 0) is 10.0 Å². The zero-order chi connectivity index (χ0) is 20.4. The van der Waals surface area contributed by atoms with E-state index < -0.39 is 27.8 Å². The number of sulfonamides is 1. The second kappa shape index (κ2) is 8.06. The molecule has 2 rings (SSSR count). The first-order valence-corrected chi connectivity index (χ1v) is 9.82. The summed E-state index contributed by atoms with van der Waals surface area (Å²) < 4.78 is 46.9. The first kappa shape index (κ1) is 20.9. The standard InChI is InChI=1S/C19H23FN2O4S/c1-11-7-12(2)18(13(3)8-11)27(24,25)22-14(4)10-26-17-9-15(20)5-6-16(17)19(21)23/h5-9,14,22H,10H2,1-4H3,(H2,21,23)/t14-/m0/s1. The van der Waals surface area contributed by atoms with Gasteiger partial charge in [0.2, 0.25) is 10.0 Å². The normalized spacial score (nSPS) is 12.6. The summed E-state index contributed by atoms with van der Waals surface area (Å²) >= 11 is 0. The maximum absolute atomic E-state index is 13.4. The Morgan fingerprint density at radius 1 is 1.19 bits per heavy atom. The molecule has 0 bridgehead atoms. The number of amides is 1. The zero-order valence-corrected chi connectivity index (χ0v) is 16.5. The monoisotopic (exact) mass is 394 g/mol. The summed E-state index contributed by atoms with van der Waals surface area (Å²) in [6.45, 7) is 6.88. The van der Waals surface area contributed by atoms with Gasteiger partial charge in [0, 0.05) is 6.07 Å². The summed E-state index contributed by atoms with van der Waals surface area (Å²) in [5.41, 5.74) is 7.54. The van der Waals surface area contributed by atoms with Gasteiger partial charge in [-0.05, 0) is 51.0 Å². The molecule has 2 aromatic carbocycles. The molecule has 0 spiro atoms. The summed E-state index contributed by atoms with van der Waals surface area (Å²) in [6, 6.07) is 6.33. The molecule has 0 aliphatic heterocycles. The van der Waals surface area contributed by atoms with E-state index in [0.717, 1.165) is 17.7 Å². The van der Waals surface area contributed by atoms with Crippen LogP contribution in [0.5, 0.6) is 5.75 Å². The molecule has 8 heteroatoms. The Kier molecular flexibility index (Phi) is 6.22. The minimum Gasteiger partial charge on any atom is -0.491 e. The predicted octanol–water partition coefficient (Wildman–Crippen LogP) is 2.60. The van der Waals surface area contributed by atoms with Crippen LogP contribution in [0.25, 0.3) is 0 Å². The van der Waals surface area contributed by atoms with Crippen LogP contribution in [0.3, 0.4) is 0 Å². The highest BCUT2D eigenvalue weighted by Crippen LogP contribution is 2.23. The van der Waals surface area contributed by atoms with E-state index in [2.05, 4.69) is 4.72 Å². The van der Waals surface area contributed by atoms with Crippen molar-refractivity contribution in [3.63, 3.8) is 0 Å². The molecule has 2 aromatic rings. The first-order chi connectivity index (χ1) is 12.5. The highest BCUT2D eigenvalue weighted by Gasteiger charge is 2.22. The molecule has 1 atom stereocenters. The number of carbonyl (C=O) groups is 1. The van der Waals surface area contributed by atoms with Crippen molar-refractivity contribution in [2.24, 2.45) is 5.73 Å². The summed E-state index contributed by atoms with van der Waals surface area (Å²) in [5.74, 6) is -1.38. The Labute approximate surface area is 158 Å². The molecular weight excluding hydrogens is 371 g/mol. The Balaban J connectivity index is 2.16. The molecule has 0 saturated carbocycles. The van der Waals surface area contributed by atoms with Gasteiger partial charge < -0.3 is 10.5 Å². The van der Waals surface area contributed by atoms with Gasteiger partial charge >= 0.3 is 0 Å². The molecule has 0 radical (unpaired) electrons. The van der Waals surface area contributed by atoms with E-state index in [9.17, 15) is 17.6 Å². The molecule has 0 saturated heterocycles. The van der Waals surface area contributed by atoms with Crippen molar-refractivity contribution in [3.8, 4) is 5.75 Å². The fourth-order valence-corrected chi connectivity index (χ4v) is 4.66. The zero-order valence-electron chi connectivity index (χ0n) is 15.7. The number of nitrogens with one attached hydrogen (secondary N) is 1. The number of benzene rings is 2. The molecule has 0 heterocycles. The molecule has 6 nitrogen and oxygen atoms in total. The maximum atomic E-state index is 13.4. The van der Waals surface area contributed by atoms with Gasteiger partial charge in [0.05, 0.1) is 16.5 Å². The third-order valence-electron chi connectivity index (χ3n) is 3.93. The molecular formula is C19H23FN2O4S. The van der Waals surface area contributed by atoms with E-state index in [1.54, 1.807) is 32.9 Å². The van der Waals surface area contributed by atoms with E-state index >= 15 is 0 Å². The lowest BCUT2D eigenvalue weighted by atomic mass is 10.1. The van der Waals surface area contributed by atoms with Crippen molar-refractivity contribution in [1.29, 1.82) is 0 Å². The van der Waals surface area contributed by atoms with Crippen molar-refractivity contribution in [1.82, 2.24) is 4.72 Å². The van der Waals surface area contributed by atoms with Crippen LogP contribution in [0, 0.1) is 26.6 Å². The number of aryl methyl sites for hydroxylation is 3. The minimum atomic E-state index is -3.77. The van der Waals surface area contributed by atoms with Gasteiger partial charge in [-0.15, -0.1) is 0 Å². The fraction of sp³-hybridized carbons (Fsp3) is 0.316. The molecule has 0 aliphatic rings. The molecule has 3 N–H and O–H groups in total. The number of halogens is 1. The highest BCUT2D eigenvalue weighted by molar-refractivity contribution is 7.89. The van der Waals surface area contributed by atoms with Crippen molar-refractivity contribution < 1.29 is 22.3 Å². The molecule has 146 valence electrons. The van der Waals surface area contributed by atoms with Crippen molar-refractivity contribution in [2.45, 2.75) is 38.6 Å². The van der Waals surface area contributed by atoms with Crippen LogP contribution >= 0.6 is 0 Å². The molecule has 27 heavy (non-hydrogen) atoms. The molecule has 0 unspecified atom stereocenters.